The van der Waals surface area contributed by atoms with E-state index in [0.29, 0.717) is 18.9 Å². The van der Waals surface area contributed by atoms with Gasteiger partial charge in [-0.1, -0.05) is 0 Å². The summed E-state index contributed by atoms with van der Waals surface area (Å²) in [5.41, 5.74) is 0. The van der Waals surface area contributed by atoms with E-state index in [1.54, 1.807) is 4.90 Å². The van der Waals surface area contributed by atoms with Crippen LogP contribution in [0.3, 0.4) is 0 Å². The Balaban J connectivity index is 2.15. The van der Waals surface area contributed by atoms with Crippen molar-refractivity contribution in [1.82, 2.24) is 4.90 Å². The molecule has 1 heterocycles. The molecule has 0 amide bonds. The predicted octanol–water partition coefficient (Wildman–Crippen LogP) is 0.378. The summed E-state index contributed by atoms with van der Waals surface area (Å²) in [5.74, 6) is 0.748. The molecule has 2 aliphatic rings. The Kier molecular flexibility index (Phi) is 1.35. The molecule has 0 aromatic rings. The van der Waals surface area contributed by atoms with Gasteiger partial charge in [-0.3, -0.25) is 4.79 Å². The van der Waals surface area contributed by atoms with Crippen molar-refractivity contribution in [3.63, 3.8) is 0 Å². The van der Waals surface area contributed by atoms with Gasteiger partial charge in [0.25, 0.3) is 0 Å². The topological polar surface area (TPSA) is 44.1 Å². The van der Waals surface area contributed by atoms with E-state index in [1.165, 1.54) is 0 Å². The lowest BCUT2D eigenvalue weighted by atomic mass is 9.98. The van der Waals surface area contributed by atoms with E-state index in [1.807, 2.05) is 0 Å². The van der Waals surface area contributed by atoms with Crippen molar-refractivity contribution in [2.75, 3.05) is 13.1 Å². The Bertz CT molecular complexity index is 215. The van der Waals surface area contributed by atoms with Crippen LogP contribution in [-0.4, -0.2) is 23.8 Å². The van der Waals surface area contributed by atoms with Crippen LogP contribution >= 0.6 is 0 Å². The van der Waals surface area contributed by atoms with E-state index in [4.69, 9.17) is 5.26 Å². The molecule has 0 spiro atoms. The number of carbonyl (C=O) groups is 1. The molecule has 0 aromatic carbocycles. The number of rotatable bonds is 0. The monoisotopic (exact) mass is 150 g/mol. The van der Waals surface area contributed by atoms with Gasteiger partial charge in [-0.05, 0) is 12.8 Å². The normalized spacial score (nSPS) is 35.5. The summed E-state index contributed by atoms with van der Waals surface area (Å²) in [6, 6.07) is 0. The minimum Gasteiger partial charge on any atom is -0.309 e. The molecule has 0 aromatic heterocycles. The molecule has 1 aliphatic heterocycles. The highest BCUT2D eigenvalue weighted by molar-refractivity contribution is 5.86. The second-order valence-electron chi connectivity index (χ2n) is 3.38. The number of ketones is 1. The molecule has 2 rings (SSSR count). The summed E-state index contributed by atoms with van der Waals surface area (Å²) < 4.78 is 0. The molecule has 3 heteroatoms. The molecular weight excluding hydrogens is 140 g/mol. The van der Waals surface area contributed by atoms with Crippen LogP contribution in [0.1, 0.15) is 12.8 Å². The van der Waals surface area contributed by atoms with Gasteiger partial charge < -0.3 is 4.90 Å². The Morgan fingerprint density at radius 3 is 2.36 bits per heavy atom. The molecule has 2 bridgehead atoms. The minimum absolute atomic E-state index is 0.174. The molecule has 1 aliphatic carbocycles. The fourth-order valence-corrected chi connectivity index (χ4v) is 2.07. The van der Waals surface area contributed by atoms with Crippen molar-refractivity contribution in [2.45, 2.75) is 12.8 Å². The van der Waals surface area contributed by atoms with Crippen molar-refractivity contribution < 1.29 is 4.79 Å². The molecule has 1 saturated heterocycles. The minimum atomic E-state index is 0.174. The first-order valence-corrected chi connectivity index (χ1v) is 3.99. The lowest BCUT2D eigenvalue weighted by Gasteiger charge is -2.25. The van der Waals surface area contributed by atoms with Gasteiger partial charge in [0, 0.05) is 24.9 Å². The van der Waals surface area contributed by atoms with Gasteiger partial charge in [0.1, 0.15) is 5.78 Å². The Labute approximate surface area is 65.6 Å². The lowest BCUT2D eigenvalue weighted by Crippen LogP contribution is -2.39. The SMILES string of the molecule is N#CN1CC2CCC(C1)C2=O. The summed E-state index contributed by atoms with van der Waals surface area (Å²) in [6.07, 6.45) is 4.11. The largest absolute Gasteiger partial charge is 0.309 e. The number of likely N-dealkylation sites (tertiary alicyclic amines) is 1. The van der Waals surface area contributed by atoms with E-state index in [9.17, 15) is 4.79 Å². The highest BCUT2D eigenvalue weighted by Crippen LogP contribution is 2.32. The van der Waals surface area contributed by atoms with Gasteiger partial charge in [0.05, 0.1) is 0 Å². The summed E-state index contributed by atoms with van der Waals surface area (Å²) >= 11 is 0. The van der Waals surface area contributed by atoms with E-state index in [2.05, 4.69) is 6.19 Å². The van der Waals surface area contributed by atoms with Crippen LogP contribution < -0.4 is 0 Å². The van der Waals surface area contributed by atoms with Crippen molar-refractivity contribution in [1.29, 1.82) is 5.26 Å². The van der Waals surface area contributed by atoms with Crippen LogP contribution in [0.5, 0.6) is 0 Å². The molecule has 3 nitrogen and oxygen atoms in total. The molecule has 2 atom stereocenters. The van der Waals surface area contributed by atoms with Crippen molar-refractivity contribution in [3.8, 4) is 6.19 Å². The van der Waals surface area contributed by atoms with Gasteiger partial charge >= 0.3 is 0 Å². The van der Waals surface area contributed by atoms with Gasteiger partial charge in [-0.2, -0.15) is 5.26 Å². The zero-order valence-electron chi connectivity index (χ0n) is 6.29. The zero-order chi connectivity index (χ0) is 7.84. The van der Waals surface area contributed by atoms with Gasteiger partial charge in [-0.15, -0.1) is 0 Å². The highest BCUT2D eigenvalue weighted by Gasteiger charge is 2.40. The van der Waals surface area contributed by atoms with Crippen LogP contribution in [0.25, 0.3) is 0 Å². The van der Waals surface area contributed by atoms with Crippen LogP contribution in [-0.2, 0) is 4.79 Å². The first kappa shape index (κ1) is 6.66. The summed E-state index contributed by atoms with van der Waals surface area (Å²) in [5, 5.41) is 8.61. The van der Waals surface area contributed by atoms with Crippen LogP contribution in [0.2, 0.25) is 0 Å². The first-order valence-electron chi connectivity index (χ1n) is 3.99. The second-order valence-corrected chi connectivity index (χ2v) is 3.38. The van der Waals surface area contributed by atoms with E-state index in [-0.39, 0.29) is 11.8 Å². The quantitative estimate of drug-likeness (QED) is 0.469. The van der Waals surface area contributed by atoms with Crippen molar-refractivity contribution in [2.24, 2.45) is 11.8 Å². The highest BCUT2D eigenvalue weighted by atomic mass is 16.1. The number of piperidine rings is 1. The number of nitriles is 1. The average molecular weight is 150 g/mol. The third-order valence-corrected chi connectivity index (χ3v) is 2.69. The molecule has 58 valence electrons. The Morgan fingerprint density at radius 1 is 1.36 bits per heavy atom. The fraction of sp³-hybridized carbons (Fsp3) is 0.750. The molecular formula is C8H10N2O. The zero-order valence-corrected chi connectivity index (χ0v) is 6.29. The maximum Gasteiger partial charge on any atom is 0.179 e. The molecule has 2 fully saturated rings. The van der Waals surface area contributed by atoms with Crippen molar-refractivity contribution >= 4 is 5.78 Å². The smallest absolute Gasteiger partial charge is 0.179 e. The summed E-state index contributed by atoms with van der Waals surface area (Å²) in [7, 11) is 0. The number of nitrogens with zero attached hydrogens (tertiary/aromatic N) is 2. The molecule has 0 N–H and O–H groups in total. The first-order chi connectivity index (χ1) is 5.31. The van der Waals surface area contributed by atoms with E-state index >= 15 is 0 Å². The molecule has 11 heavy (non-hydrogen) atoms. The maximum atomic E-state index is 11.3. The maximum absolute atomic E-state index is 11.3. The number of fused-ring (bicyclic) bond motifs is 2. The molecule has 0 radical (unpaired) electrons. The van der Waals surface area contributed by atoms with Gasteiger partial charge in [0.2, 0.25) is 0 Å². The number of Topliss-reactive ketones (excluding diaryl/α,β-unsaturated/α-hetero) is 1. The van der Waals surface area contributed by atoms with Crippen LogP contribution in [0.15, 0.2) is 0 Å². The van der Waals surface area contributed by atoms with Gasteiger partial charge in [-0.25, -0.2) is 0 Å². The van der Waals surface area contributed by atoms with Crippen molar-refractivity contribution in [3.05, 3.63) is 0 Å². The van der Waals surface area contributed by atoms with Crippen LogP contribution in [0.4, 0.5) is 0 Å². The number of hydrogen-bond acceptors (Lipinski definition) is 3. The molecule has 1 saturated carbocycles. The lowest BCUT2D eigenvalue weighted by molar-refractivity contribution is -0.126. The number of hydrogen-bond donors (Lipinski definition) is 0. The second kappa shape index (κ2) is 2.23. The summed E-state index contributed by atoms with van der Waals surface area (Å²) in [6.45, 7) is 1.34. The Morgan fingerprint density at radius 2 is 1.91 bits per heavy atom. The van der Waals surface area contributed by atoms with E-state index in [0.717, 1.165) is 12.8 Å². The third kappa shape index (κ3) is 0.900. The Hall–Kier alpha value is -1.04. The standard InChI is InChI=1S/C8H10N2O/c9-5-10-3-6-1-2-7(4-10)8(6)11/h6-7H,1-4H2. The third-order valence-electron chi connectivity index (χ3n) is 2.69. The average Bonchev–Trinajstić information content (AvgIpc) is 2.26. The summed E-state index contributed by atoms with van der Waals surface area (Å²) in [4.78, 5) is 13.0. The fourth-order valence-electron chi connectivity index (χ4n) is 2.07. The van der Waals surface area contributed by atoms with Crippen LogP contribution in [0, 0.1) is 23.3 Å². The van der Waals surface area contributed by atoms with E-state index < -0.39 is 0 Å². The van der Waals surface area contributed by atoms with Gasteiger partial charge in [0.15, 0.2) is 6.19 Å². The molecule has 2 unspecified atom stereocenters. The predicted molar refractivity (Wildman–Crippen MR) is 38.4 cm³/mol. The number of carbonyl (C=O) groups excluding carboxylic acids is 1.